The summed E-state index contributed by atoms with van der Waals surface area (Å²) in [5.74, 6) is -0.964. The summed E-state index contributed by atoms with van der Waals surface area (Å²) in [5.41, 5.74) is 1.59. The number of amides is 1. The van der Waals surface area contributed by atoms with Crippen LogP contribution in [-0.2, 0) is 28.9 Å². The maximum absolute atomic E-state index is 12.3. The van der Waals surface area contributed by atoms with Crippen molar-refractivity contribution < 1.29 is 28.6 Å². The highest BCUT2D eigenvalue weighted by atomic mass is 32.1. The van der Waals surface area contributed by atoms with Gasteiger partial charge in [0.15, 0.2) is 0 Å². The molecule has 1 aliphatic rings. The summed E-state index contributed by atoms with van der Waals surface area (Å²) in [6.07, 6.45) is 3.74. The van der Waals surface area contributed by atoms with Crippen molar-refractivity contribution in [2.45, 2.75) is 46.6 Å². The molecule has 1 atom stereocenters. The van der Waals surface area contributed by atoms with Crippen molar-refractivity contribution in [2.24, 2.45) is 11.3 Å². The van der Waals surface area contributed by atoms with Gasteiger partial charge >= 0.3 is 5.97 Å². The van der Waals surface area contributed by atoms with Gasteiger partial charge in [-0.3, -0.25) is 4.79 Å². The van der Waals surface area contributed by atoms with Crippen LogP contribution in [0, 0.1) is 11.3 Å². The van der Waals surface area contributed by atoms with Crippen molar-refractivity contribution >= 4 is 28.2 Å². The lowest BCUT2D eigenvalue weighted by Gasteiger charge is -2.33. The van der Waals surface area contributed by atoms with Crippen molar-refractivity contribution in [3.8, 4) is 5.95 Å². The van der Waals surface area contributed by atoms with Crippen LogP contribution in [0.3, 0.4) is 0 Å². The van der Waals surface area contributed by atoms with E-state index in [4.69, 9.17) is 4.74 Å². The van der Waals surface area contributed by atoms with E-state index in [2.05, 4.69) is 35.9 Å². The zero-order valence-electron chi connectivity index (χ0n) is 15.8. The average molecular weight is 393 g/mol. The molecule has 1 N–H and O–H groups in total. The molecule has 9 heteroatoms. The van der Waals surface area contributed by atoms with Gasteiger partial charge in [-0.1, -0.05) is 25.5 Å². The van der Waals surface area contributed by atoms with Crippen molar-refractivity contribution in [1.29, 1.82) is 0 Å². The largest absolute Gasteiger partial charge is 0.539 e. The summed E-state index contributed by atoms with van der Waals surface area (Å²) >= 11 is 1.42. The van der Waals surface area contributed by atoms with Crippen molar-refractivity contribution in [3.63, 3.8) is 0 Å². The molecule has 1 unspecified atom stereocenters. The van der Waals surface area contributed by atoms with Crippen LogP contribution in [0.2, 0.25) is 0 Å². The third kappa shape index (κ3) is 4.13. The number of hydrogen-bond acceptors (Lipinski definition) is 7. The molecule has 0 saturated carbocycles. The number of thiophene rings is 1. The Labute approximate surface area is 161 Å². The summed E-state index contributed by atoms with van der Waals surface area (Å²) in [6.45, 7) is 6.48. The molecule has 2 aromatic rings. The van der Waals surface area contributed by atoms with E-state index in [1.54, 1.807) is 0 Å². The molecule has 1 aliphatic carbocycles. The lowest BCUT2D eigenvalue weighted by Crippen LogP contribution is -2.41. The summed E-state index contributed by atoms with van der Waals surface area (Å²) in [5, 5.41) is 17.7. The first-order valence-corrected chi connectivity index (χ1v) is 9.57. The standard InChI is InChI=1S/C18H23N3O5S/c1-18(2,3)10-5-6-11-12(7-10)27-16(15(11)17(24)25-4)19-13(22)8-21-9-14(23)26-20-21/h9-10H,5-8H2,1-4H3,(H-,19,20,22,23,24). The Kier molecular flexibility index (Phi) is 5.23. The van der Waals surface area contributed by atoms with Gasteiger partial charge in [-0.2, -0.15) is 0 Å². The molecule has 0 aromatic carbocycles. The molecule has 0 aliphatic heterocycles. The zero-order valence-corrected chi connectivity index (χ0v) is 16.6. The van der Waals surface area contributed by atoms with Gasteiger partial charge in [-0.25, -0.2) is 4.79 Å². The Balaban J connectivity index is 1.85. The number of rotatable bonds is 4. The fraction of sp³-hybridized carbons (Fsp3) is 0.556. The van der Waals surface area contributed by atoms with Gasteiger partial charge in [-0.15, -0.1) is 11.3 Å². The van der Waals surface area contributed by atoms with Crippen LogP contribution >= 0.6 is 11.3 Å². The van der Waals surface area contributed by atoms with Crippen LogP contribution < -0.4 is 15.1 Å². The van der Waals surface area contributed by atoms with Gasteiger partial charge in [0.1, 0.15) is 10.9 Å². The SMILES string of the molecule is COC(=O)c1c(NC(=O)C[n+]2cc([O-])on2)sc2c1CCC(C(C)(C)C)C2. The molecule has 0 saturated heterocycles. The predicted molar refractivity (Wildman–Crippen MR) is 95.4 cm³/mol. The number of esters is 1. The van der Waals surface area contributed by atoms with Crippen molar-refractivity contribution in [1.82, 2.24) is 5.27 Å². The maximum atomic E-state index is 12.3. The number of anilines is 1. The molecule has 2 aromatic heterocycles. The Morgan fingerprint density at radius 2 is 2.22 bits per heavy atom. The number of methoxy groups -OCH3 is 1. The minimum absolute atomic E-state index is 0.177. The van der Waals surface area contributed by atoms with E-state index in [1.807, 2.05) is 0 Å². The van der Waals surface area contributed by atoms with Gasteiger partial charge in [-0.05, 0) is 36.2 Å². The Hall–Kier alpha value is -2.42. The van der Waals surface area contributed by atoms with Crippen LogP contribution in [0.25, 0.3) is 0 Å². The van der Waals surface area contributed by atoms with E-state index in [0.29, 0.717) is 16.5 Å². The van der Waals surface area contributed by atoms with E-state index in [1.165, 1.54) is 18.4 Å². The molecule has 146 valence electrons. The molecule has 2 heterocycles. The zero-order chi connectivity index (χ0) is 19.8. The second kappa shape index (κ2) is 7.30. The Bertz CT molecular complexity index is 865. The molecular weight excluding hydrogens is 370 g/mol. The molecule has 3 rings (SSSR count). The topological polar surface area (TPSA) is 108 Å². The van der Waals surface area contributed by atoms with Crippen LogP contribution in [-0.4, -0.2) is 24.3 Å². The van der Waals surface area contributed by atoms with Gasteiger partial charge in [0, 0.05) is 4.88 Å². The number of hydrogen-bond donors (Lipinski definition) is 1. The van der Waals surface area contributed by atoms with Gasteiger partial charge in [0.2, 0.25) is 6.20 Å². The summed E-state index contributed by atoms with van der Waals surface area (Å²) in [6, 6.07) is 0. The smallest absolute Gasteiger partial charge is 0.341 e. The number of aromatic nitrogens is 2. The molecule has 1 amide bonds. The summed E-state index contributed by atoms with van der Waals surface area (Å²) in [7, 11) is 1.33. The third-order valence-electron chi connectivity index (χ3n) is 4.93. The first kappa shape index (κ1) is 19.3. The highest BCUT2D eigenvalue weighted by Gasteiger charge is 2.34. The van der Waals surface area contributed by atoms with E-state index in [0.717, 1.165) is 40.6 Å². The third-order valence-corrected chi connectivity index (χ3v) is 6.10. The fourth-order valence-electron chi connectivity index (χ4n) is 3.38. The quantitative estimate of drug-likeness (QED) is 0.625. The Morgan fingerprint density at radius 3 is 2.81 bits per heavy atom. The van der Waals surface area contributed by atoms with Crippen molar-refractivity contribution in [2.75, 3.05) is 12.4 Å². The number of carbonyl (C=O) groups is 2. The fourth-order valence-corrected chi connectivity index (χ4v) is 4.71. The first-order chi connectivity index (χ1) is 12.7. The lowest BCUT2D eigenvalue weighted by atomic mass is 9.72. The highest BCUT2D eigenvalue weighted by molar-refractivity contribution is 7.17. The number of nitrogens with zero attached hydrogens (tertiary/aromatic N) is 2. The van der Waals surface area contributed by atoms with E-state index < -0.39 is 17.8 Å². The Morgan fingerprint density at radius 1 is 1.48 bits per heavy atom. The van der Waals surface area contributed by atoms with Crippen LogP contribution in [0.1, 0.15) is 48.0 Å². The number of carbonyl (C=O) groups excluding carboxylic acids is 2. The minimum Gasteiger partial charge on any atom is -0.539 e. The molecule has 0 bridgehead atoms. The number of ether oxygens (including phenoxy) is 1. The van der Waals surface area contributed by atoms with E-state index in [-0.39, 0.29) is 12.0 Å². The predicted octanol–water partition coefficient (Wildman–Crippen LogP) is 1.67. The number of fused-ring (bicyclic) bond motifs is 1. The molecule has 0 radical (unpaired) electrons. The van der Waals surface area contributed by atoms with Gasteiger partial charge in [0.05, 0.1) is 17.9 Å². The second-order valence-corrected chi connectivity index (χ2v) is 8.88. The monoisotopic (exact) mass is 393 g/mol. The molecule has 0 spiro atoms. The van der Waals surface area contributed by atoms with Gasteiger partial charge in [0.25, 0.3) is 12.5 Å². The first-order valence-electron chi connectivity index (χ1n) is 8.75. The van der Waals surface area contributed by atoms with E-state index >= 15 is 0 Å². The average Bonchev–Trinajstić information content (AvgIpc) is 3.15. The normalized spacial score (nSPS) is 16.7. The summed E-state index contributed by atoms with van der Waals surface area (Å²) < 4.78 is 10.5. The molecule has 27 heavy (non-hydrogen) atoms. The molecular formula is C18H23N3O5S. The highest BCUT2D eigenvalue weighted by Crippen LogP contribution is 2.44. The van der Waals surface area contributed by atoms with E-state index in [9.17, 15) is 14.7 Å². The van der Waals surface area contributed by atoms with Crippen LogP contribution in [0.5, 0.6) is 5.95 Å². The lowest BCUT2D eigenvalue weighted by molar-refractivity contribution is -0.750. The van der Waals surface area contributed by atoms with Crippen LogP contribution in [0.4, 0.5) is 5.00 Å². The maximum Gasteiger partial charge on any atom is 0.341 e. The van der Waals surface area contributed by atoms with Gasteiger partial charge < -0.3 is 19.7 Å². The minimum atomic E-state index is -0.627. The molecule has 8 nitrogen and oxygen atoms in total. The van der Waals surface area contributed by atoms with Crippen LogP contribution in [0.15, 0.2) is 10.7 Å². The summed E-state index contributed by atoms with van der Waals surface area (Å²) in [4.78, 5) is 25.8. The second-order valence-electron chi connectivity index (χ2n) is 7.77. The number of nitrogens with one attached hydrogen (secondary N) is 1. The van der Waals surface area contributed by atoms with Crippen molar-refractivity contribution in [3.05, 3.63) is 22.2 Å². The molecule has 0 fully saturated rings.